The average Bonchev–Trinajstić information content (AvgIpc) is 2.76. The normalized spacial score (nSPS) is 24.0. The molecule has 1 aromatic carbocycles. The zero-order valence-electron chi connectivity index (χ0n) is 10.4. The molecule has 1 saturated heterocycles. The van der Waals surface area contributed by atoms with Crippen LogP contribution in [0.15, 0.2) is 24.3 Å². The highest BCUT2D eigenvalue weighted by Crippen LogP contribution is 2.38. The highest BCUT2D eigenvalue weighted by Gasteiger charge is 2.52. The van der Waals surface area contributed by atoms with Crippen molar-refractivity contribution in [2.75, 3.05) is 13.1 Å². The van der Waals surface area contributed by atoms with Crippen LogP contribution in [0.25, 0.3) is 0 Å². The molecule has 0 unspecified atom stereocenters. The Balaban J connectivity index is 2.08. The minimum Gasteiger partial charge on any atom is -0.481 e. The van der Waals surface area contributed by atoms with Crippen molar-refractivity contribution in [1.82, 2.24) is 4.90 Å². The molecule has 1 heterocycles. The van der Waals surface area contributed by atoms with E-state index in [-0.39, 0.29) is 19.6 Å². The molecule has 0 saturated carbocycles. The Morgan fingerprint density at radius 3 is 2.30 bits per heavy atom. The molecule has 110 valence electrons. The zero-order valence-corrected chi connectivity index (χ0v) is 10.4. The number of hydrogen-bond acceptors (Lipinski definition) is 2. The summed E-state index contributed by atoms with van der Waals surface area (Å²) in [5.74, 6) is -5.17. The van der Waals surface area contributed by atoms with Crippen molar-refractivity contribution in [3.8, 4) is 0 Å². The van der Waals surface area contributed by atoms with Crippen molar-refractivity contribution < 1.29 is 27.5 Å². The van der Waals surface area contributed by atoms with E-state index in [1.807, 2.05) is 0 Å². The van der Waals surface area contributed by atoms with Crippen LogP contribution in [0.4, 0.5) is 17.6 Å². The molecule has 0 aliphatic carbocycles. The molecular formula is C13H13F4NO2. The van der Waals surface area contributed by atoms with E-state index in [1.165, 1.54) is 29.2 Å². The van der Waals surface area contributed by atoms with Gasteiger partial charge in [0.1, 0.15) is 5.82 Å². The van der Waals surface area contributed by atoms with Crippen molar-refractivity contribution in [3.63, 3.8) is 0 Å². The lowest BCUT2D eigenvalue weighted by atomic mass is 9.96. The molecule has 2 rings (SSSR count). The Morgan fingerprint density at radius 2 is 1.85 bits per heavy atom. The van der Waals surface area contributed by atoms with Crippen molar-refractivity contribution in [2.24, 2.45) is 11.8 Å². The summed E-state index contributed by atoms with van der Waals surface area (Å²) < 4.78 is 51.1. The van der Waals surface area contributed by atoms with E-state index in [0.29, 0.717) is 5.56 Å². The first-order valence-corrected chi connectivity index (χ1v) is 6.03. The van der Waals surface area contributed by atoms with Crippen molar-refractivity contribution in [2.45, 2.75) is 12.7 Å². The van der Waals surface area contributed by atoms with Gasteiger partial charge in [0.2, 0.25) is 0 Å². The summed E-state index contributed by atoms with van der Waals surface area (Å²) in [5, 5.41) is 8.89. The lowest BCUT2D eigenvalue weighted by Gasteiger charge is -2.18. The molecule has 1 N–H and O–H groups in total. The summed E-state index contributed by atoms with van der Waals surface area (Å²) >= 11 is 0. The fourth-order valence-corrected chi connectivity index (χ4v) is 2.44. The Bertz CT molecular complexity index is 486. The number of hydrogen-bond donors (Lipinski definition) is 1. The van der Waals surface area contributed by atoms with Gasteiger partial charge in [0.05, 0.1) is 11.8 Å². The number of carboxylic acids is 1. The highest BCUT2D eigenvalue weighted by atomic mass is 19.4. The molecule has 1 aliphatic heterocycles. The molecule has 2 atom stereocenters. The van der Waals surface area contributed by atoms with E-state index >= 15 is 0 Å². The van der Waals surface area contributed by atoms with E-state index < -0.39 is 29.8 Å². The Hall–Kier alpha value is -1.63. The van der Waals surface area contributed by atoms with E-state index in [0.717, 1.165) is 0 Å². The summed E-state index contributed by atoms with van der Waals surface area (Å²) in [6, 6.07) is 5.40. The summed E-state index contributed by atoms with van der Waals surface area (Å²) in [6.07, 6.45) is -4.53. The minimum absolute atomic E-state index is 0.156. The Kier molecular flexibility index (Phi) is 3.99. The quantitative estimate of drug-likeness (QED) is 0.870. The van der Waals surface area contributed by atoms with Crippen LogP contribution >= 0.6 is 0 Å². The van der Waals surface area contributed by atoms with E-state index in [1.54, 1.807) is 0 Å². The average molecular weight is 291 g/mol. The molecule has 0 bridgehead atoms. The zero-order chi connectivity index (χ0) is 14.9. The third kappa shape index (κ3) is 3.27. The second kappa shape index (κ2) is 5.40. The predicted molar refractivity (Wildman–Crippen MR) is 62.3 cm³/mol. The molecule has 0 spiro atoms. The van der Waals surface area contributed by atoms with Gasteiger partial charge in [-0.3, -0.25) is 9.69 Å². The molecule has 0 aromatic heterocycles. The smallest absolute Gasteiger partial charge is 0.393 e. The third-order valence-corrected chi connectivity index (χ3v) is 3.45. The fourth-order valence-electron chi connectivity index (χ4n) is 2.44. The second-order valence-corrected chi connectivity index (χ2v) is 4.91. The first-order valence-electron chi connectivity index (χ1n) is 6.03. The topological polar surface area (TPSA) is 40.5 Å². The summed E-state index contributed by atoms with van der Waals surface area (Å²) in [5.41, 5.74) is 0.651. The number of carboxylic acid groups (broad SMARTS) is 1. The SMILES string of the molecule is O=C(O)[C@@H]1CN(Cc2ccc(F)cc2)C[C@H]1C(F)(F)F. The van der Waals surface area contributed by atoms with Crippen LogP contribution in [0.3, 0.4) is 0 Å². The highest BCUT2D eigenvalue weighted by molar-refractivity contribution is 5.71. The number of alkyl halides is 3. The molecule has 20 heavy (non-hydrogen) atoms. The van der Waals surface area contributed by atoms with Gasteiger partial charge >= 0.3 is 12.1 Å². The Labute approximate surface area is 112 Å². The number of benzene rings is 1. The van der Waals surface area contributed by atoms with E-state index in [2.05, 4.69) is 0 Å². The van der Waals surface area contributed by atoms with Gasteiger partial charge in [0, 0.05) is 19.6 Å². The van der Waals surface area contributed by atoms with E-state index in [9.17, 15) is 22.4 Å². The van der Waals surface area contributed by atoms with Crippen LogP contribution in [-0.2, 0) is 11.3 Å². The van der Waals surface area contributed by atoms with Crippen LogP contribution in [0.2, 0.25) is 0 Å². The standard InChI is InChI=1S/C13H13F4NO2/c14-9-3-1-8(2-4-9)5-18-6-10(12(19)20)11(7-18)13(15,16)17/h1-4,10-11H,5-7H2,(H,19,20)/t10-,11-/m1/s1. The third-order valence-electron chi connectivity index (χ3n) is 3.45. The van der Waals surface area contributed by atoms with Gasteiger partial charge in [-0.05, 0) is 17.7 Å². The first-order chi connectivity index (χ1) is 9.27. The van der Waals surface area contributed by atoms with Crippen LogP contribution in [0.1, 0.15) is 5.56 Å². The van der Waals surface area contributed by atoms with Crippen LogP contribution < -0.4 is 0 Å². The van der Waals surface area contributed by atoms with Gasteiger partial charge in [-0.25, -0.2) is 4.39 Å². The molecule has 0 radical (unpaired) electrons. The maximum Gasteiger partial charge on any atom is 0.393 e. The second-order valence-electron chi connectivity index (χ2n) is 4.91. The van der Waals surface area contributed by atoms with Crippen molar-refractivity contribution in [1.29, 1.82) is 0 Å². The van der Waals surface area contributed by atoms with Gasteiger partial charge in [-0.15, -0.1) is 0 Å². The summed E-state index contributed by atoms with van der Waals surface area (Å²) in [6.45, 7) is -0.328. The number of halogens is 4. The minimum atomic E-state index is -4.53. The van der Waals surface area contributed by atoms with Crippen LogP contribution in [0, 0.1) is 17.7 Å². The predicted octanol–water partition coefficient (Wildman–Crippen LogP) is 2.52. The lowest BCUT2D eigenvalue weighted by molar-refractivity contribution is -0.188. The van der Waals surface area contributed by atoms with Crippen LogP contribution in [0.5, 0.6) is 0 Å². The van der Waals surface area contributed by atoms with Gasteiger partial charge in [-0.1, -0.05) is 12.1 Å². The molecule has 3 nitrogen and oxygen atoms in total. The Morgan fingerprint density at radius 1 is 1.25 bits per heavy atom. The maximum atomic E-state index is 12.8. The van der Waals surface area contributed by atoms with Gasteiger partial charge in [0.25, 0.3) is 0 Å². The van der Waals surface area contributed by atoms with Crippen molar-refractivity contribution >= 4 is 5.97 Å². The fraction of sp³-hybridized carbons (Fsp3) is 0.462. The lowest BCUT2D eigenvalue weighted by Crippen LogP contribution is -2.33. The van der Waals surface area contributed by atoms with Crippen molar-refractivity contribution in [3.05, 3.63) is 35.6 Å². The summed E-state index contributed by atoms with van der Waals surface area (Å²) in [7, 11) is 0. The molecule has 1 aromatic rings. The number of aliphatic carboxylic acids is 1. The number of carbonyl (C=O) groups is 1. The largest absolute Gasteiger partial charge is 0.481 e. The van der Waals surface area contributed by atoms with Gasteiger partial charge < -0.3 is 5.11 Å². The number of nitrogens with zero attached hydrogens (tertiary/aromatic N) is 1. The maximum absolute atomic E-state index is 12.8. The van der Waals surface area contributed by atoms with Gasteiger partial charge in [0.15, 0.2) is 0 Å². The molecule has 7 heteroatoms. The first kappa shape index (κ1) is 14.8. The molecular weight excluding hydrogens is 278 g/mol. The number of rotatable bonds is 3. The van der Waals surface area contributed by atoms with Crippen LogP contribution in [-0.4, -0.2) is 35.2 Å². The molecule has 0 amide bonds. The van der Waals surface area contributed by atoms with E-state index in [4.69, 9.17) is 5.11 Å². The molecule has 1 fully saturated rings. The molecule has 1 aliphatic rings. The number of likely N-dealkylation sites (tertiary alicyclic amines) is 1. The van der Waals surface area contributed by atoms with Gasteiger partial charge in [-0.2, -0.15) is 13.2 Å². The summed E-state index contributed by atoms with van der Waals surface area (Å²) in [4.78, 5) is 12.4. The monoisotopic (exact) mass is 291 g/mol.